The summed E-state index contributed by atoms with van der Waals surface area (Å²) in [7, 11) is 1.46. The molecule has 0 rings (SSSR count). The zero-order chi connectivity index (χ0) is 15.5. The normalized spacial score (nSPS) is 13.9. The summed E-state index contributed by atoms with van der Waals surface area (Å²) in [5.41, 5.74) is 1.39. The van der Waals surface area contributed by atoms with Crippen molar-refractivity contribution in [3.8, 4) is 0 Å². The molecule has 2 unspecified atom stereocenters. The van der Waals surface area contributed by atoms with Crippen LogP contribution in [-0.2, 0) is 9.53 Å². The molecular weight excluding hydrogens is 250 g/mol. The fraction of sp³-hybridized carbons (Fsp3) is 0.824. The minimum Gasteiger partial charge on any atom is -0.468 e. The Labute approximate surface area is 125 Å². The topological polar surface area (TPSA) is 38.3 Å². The lowest BCUT2D eigenvalue weighted by atomic mass is 10.00. The predicted molar refractivity (Wildman–Crippen MR) is 85.7 cm³/mol. The maximum Gasteiger partial charge on any atom is 0.322 e. The summed E-state index contributed by atoms with van der Waals surface area (Å²) in [6.07, 6.45) is 6.58. The SMILES string of the molecule is COC(=O)C(CC(C)C)NCCC(C)CCC=C(C)C. The molecule has 0 aromatic carbocycles. The van der Waals surface area contributed by atoms with Gasteiger partial charge in [-0.1, -0.05) is 32.4 Å². The van der Waals surface area contributed by atoms with Gasteiger partial charge in [-0.3, -0.25) is 4.79 Å². The molecule has 20 heavy (non-hydrogen) atoms. The van der Waals surface area contributed by atoms with Crippen LogP contribution >= 0.6 is 0 Å². The fourth-order valence-electron chi connectivity index (χ4n) is 2.18. The van der Waals surface area contributed by atoms with Gasteiger partial charge in [-0.15, -0.1) is 0 Å². The van der Waals surface area contributed by atoms with Gasteiger partial charge >= 0.3 is 5.97 Å². The summed E-state index contributed by atoms with van der Waals surface area (Å²) in [5, 5.41) is 3.34. The lowest BCUT2D eigenvalue weighted by Gasteiger charge is -2.19. The minimum absolute atomic E-state index is 0.143. The number of hydrogen-bond donors (Lipinski definition) is 1. The molecule has 0 radical (unpaired) electrons. The highest BCUT2D eigenvalue weighted by atomic mass is 16.5. The number of methoxy groups -OCH3 is 1. The summed E-state index contributed by atoms with van der Waals surface area (Å²) >= 11 is 0. The first-order valence-electron chi connectivity index (χ1n) is 7.81. The van der Waals surface area contributed by atoms with Crippen molar-refractivity contribution in [2.45, 2.75) is 66.3 Å². The van der Waals surface area contributed by atoms with Crippen LogP contribution in [0.25, 0.3) is 0 Å². The monoisotopic (exact) mass is 283 g/mol. The van der Waals surface area contributed by atoms with Gasteiger partial charge in [0.25, 0.3) is 0 Å². The molecule has 0 aliphatic carbocycles. The maximum absolute atomic E-state index is 11.7. The number of carbonyl (C=O) groups excluding carboxylic acids is 1. The predicted octanol–water partition coefficient (Wildman–Crippen LogP) is 3.94. The molecule has 0 aromatic heterocycles. The average molecular weight is 283 g/mol. The van der Waals surface area contributed by atoms with Crippen molar-refractivity contribution < 1.29 is 9.53 Å². The average Bonchev–Trinajstić information content (AvgIpc) is 2.35. The number of rotatable bonds is 10. The molecular formula is C17H33NO2. The summed E-state index contributed by atoms with van der Waals surface area (Å²) in [5.74, 6) is 1.02. The molecule has 3 nitrogen and oxygen atoms in total. The molecule has 0 amide bonds. The van der Waals surface area contributed by atoms with E-state index in [1.165, 1.54) is 19.1 Å². The molecule has 3 heteroatoms. The van der Waals surface area contributed by atoms with Crippen molar-refractivity contribution in [3.05, 3.63) is 11.6 Å². The van der Waals surface area contributed by atoms with E-state index in [1.807, 2.05) is 0 Å². The van der Waals surface area contributed by atoms with Gasteiger partial charge in [0.05, 0.1) is 7.11 Å². The third-order valence-electron chi connectivity index (χ3n) is 3.43. The molecule has 0 fully saturated rings. The van der Waals surface area contributed by atoms with Crippen molar-refractivity contribution in [3.63, 3.8) is 0 Å². The van der Waals surface area contributed by atoms with Gasteiger partial charge in [0, 0.05) is 0 Å². The lowest BCUT2D eigenvalue weighted by Crippen LogP contribution is -2.39. The van der Waals surface area contributed by atoms with Crippen LogP contribution in [0.4, 0.5) is 0 Å². The molecule has 1 N–H and O–H groups in total. The van der Waals surface area contributed by atoms with E-state index in [2.05, 4.69) is 46.0 Å². The van der Waals surface area contributed by atoms with Gasteiger partial charge in [0.15, 0.2) is 0 Å². The Hall–Kier alpha value is -0.830. The minimum atomic E-state index is -0.162. The highest BCUT2D eigenvalue weighted by Crippen LogP contribution is 2.12. The number of nitrogens with one attached hydrogen (secondary N) is 1. The first kappa shape index (κ1) is 19.2. The van der Waals surface area contributed by atoms with E-state index in [1.54, 1.807) is 0 Å². The quantitative estimate of drug-likeness (QED) is 0.487. The van der Waals surface area contributed by atoms with Crippen LogP contribution in [0, 0.1) is 11.8 Å². The molecule has 0 saturated carbocycles. The van der Waals surface area contributed by atoms with E-state index < -0.39 is 0 Å². The highest BCUT2D eigenvalue weighted by molar-refractivity contribution is 5.75. The summed E-state index contributed by atoms with van der Waals surface area (Å²) < 4.78 is 4.85. The van der Waals surface area contributed by atoms with Crippen molar-refractivity contribution in [1.29, 1.82) is 0 Å². The van der Waals surface area contributed by atoms with Gasteiger partial charge in [-0.2, -0.15) is 0 Å². The van der Waals surface area contributed by atoms with Gasteiger partial charge in [0.2, 0.25) is 0 Å². The molecule has 0 aliphatic heterocycles. The second kappa shape index (κ2) is 10.9. The molecule has 0 saturated heterocycles. The molecule has 0 spiro atoms. The van der Waals surface area contributed by atoms with Crippen molar-refractivity contribution in [2.24, 2.45) is 11.8 Å². The van der Waals surface area contributed by atoms with E-state index >= 15 is 0 Å². The van der Waals surface area contributed by atoms with Crippen LogP contribution < -0.4 is 5.32 Å². The Bertz CT molecular complexity index is 293. The standard InChI is InChI=1S/C17H33NO2/c1-13(2)8-7-9-15(5)10-11-18-16(12-14(3)4)17(19)20-6/h8,14-16,18H,7,9-12H2,1-6H3. The smallest absolute Gasteiger partial charge is 0.322 e. The third-order valence-corrected chi connectivity index (χ3v) is 3.43. The number of ether oxygens (including phenoxy) is 1. The Morgan fingerprint density at radius 2 is 1.85 bits per heavy atom. The first-order valence-corrected chi connectivity index (χ1v) is 7.81. The molecule has 118 valence electrons. The van der Waals surface area contributed by atoms with E-state index in [-0.39, 0.29) is 12.0 Å². The number of hydrogen-bond acceptors (Lipinski definition) is 3. The molecule has 0 aromatic rings. The Morgan fingerprint density at radius 3 is 2.35 bits per heavy atom. The Morgan fingerprint density at radius 1 is 1.20 bits per heavy atom. The van der Waals surface area contributed by atoms with E-state index in [9.17, 15) is 4.79 Å². The van der Waals surface area contributed by atoms with Gasteiger partial charge in [0.1, 0.15) is 6.04 Å². The number of esters is 1. The van der Waals surface area contributed by atoms with Gasteiger partial charge < -0.3 is 10.1 Å². The first-order chi connectivity index (χ1) is 9.36. The second-order valence-electron chi connectivity index (χ2n) is 6.41. The van der Waals surface area contributed by atoms with Crippen LogP contribution in [0.15, 0.2) is 11.6 Å². The number of carbonyl (C=O) groups is 1. The Kier molecular flexibility index (Phi) is 10.4. The zero-order valence-corrected chi connectivity index (χ0v) is 14.2. The van der Waals surface area contributed by atoms with Gasteiger partial charge in [-0.25, -0.2) is 0 Å². The summed E-state index contributed by atoms with van der Waals surface area (Å²) in [6, 6.07) is -0.162. The molecule has 0 aliphatic rings. The summed E-state index contributed by atoms with van der Waals surface area (Å²) in [6.45, 7) is 11.7. The van der Waals surface area contributed by atoms with Crippen molar-refractivity contribution in [1.82, 2.24) is 5.32 Å². The van der Waals surface area contributed by atoms with Gasteiger partial charge in [-0.05, 0) is 57.9 Å². The van der Waals surface area contributed by atoms with Crippen LogP contribution in [0.1, 0.15) is 60.3 Å². The number of allylic oxidation sites excluding steroid dienone is 2. The zero-order valence-electron chi connectivity index (χ0n) is 14.2. The highest BCUT2D eigenvalue weighted by Gasteiger charge is 2.19. The molecule has 2 atom stereocenters. The lowest BCUT2D eigenvalue weighted by molar-refractivity contribution is -0.143. The second-order valence-corrected chi connectivity index (χ2v) is 6.41. The van der Waals surface area contributed by atoms with Crippen LogP contribution in [0.2, 0.25) is 0 Å². The summed E-state index contributed by atoms with van der Waals surface area (Å²) in [4.78, 5) is 11.7. The largest absolute Gasteiger partial charge is 0.468 e. The van der Waals surface area contributed by atoms with Crippen LogP contribution in [0.3, 0.4) is 0 Å². The third kappa shape index (κ3) is 10.0. The van der Waals surface area contributed by atoms with E-state index in [0.29, 0.717) is 11.8 Å². The van der Waals surface area contributed by atoms with E-state index in [4.69, 9.17) is 4.74 Å². The van der Waals surface area contributed by atoms with E-state index in [0.717, 1.165) is 25.8 Å². The van der Waals surface area contributed by atoms with Crippen molar-refractivity contribution >= 4 is 5.97 Å². The molecule has 0 heterocycles. The maximum atomic E-state index is 11.7. The van der Waals surface area contributed by atoms with Crippen LogP contribution in [0.5, 0.6) is 0 Å². The van der Waals surface area contributed by atoms with Crippen molar-refractivity contribution in [2.75, 3.05) is 13.7 Å². The Balaban J connectivity index is 3.98. The molecule has 0 bridgehead atoms. The van der Waals surface area contributed by atoms with Crippen LogP contribution in [-0.4, -0.2) is 25.7 Å². The fourth-order valence-corrected chi connectivity index (χ4v) is 2.18.